The van der Waals surface area contributed by atoms with Crippen LogP contribution in [0.4, 0.5) is 0 Å². The highest BCUT2D eigenvalue weighted by atomic mass is 32.2. The molecular formula is C20H20N2O6S. The summed E-state index contributed by atoms with van der Waals surface area (Å²) in [6.45, 7) is 0.765. The minimum Gasteiger partial charge on any atom is -0.461 e. The van der Waals surface area contributed by atoms with E-state index in [9.17, 15) is 13.2 Å². The summed E-state index contributed by atoms with van der Waals surface area (Å²) < 4.78 is 43.1. The molecule has 0 spiro atoms. The minimum atomic E-state index is -3.76. The second-order valence-electron chi connectivity index (χ2n) is 6.70. The first-order valence-electron chi connectivity index (χ1n) is 9.31. The lowest BCUT2D eigenvalue weighted by Gasteiger charge is -2.26. The third-order valence-corrected chi connectivity index (χ3v) is 6.67. The monoisotopic (exact) mass is 416 g/mol. The number of carbonyl (C=O) groups is 1. The summed E-state index contributed by atoms with van der Waals surface area (Å²) in [7, 11) is -3.76. The fraction of sp³-hybridized carbons (Fsp3) is 0.300. The first kappa shape index (κ1) is 19.4. The number of benzene rings is 1. The Hall–Kier alpha value is -2.91. The Morgan fingerprint density at radius 3 is 2.62 bits per heavy atom. The van der Waals surface area contributed by atoms with E-state index in [-0.39, 0.29) is 17.1 Å². The van der Waals surface area contributed by atoms with Crippen molar-refractivity contribution in [3.8, 4) is 11.5 Å². The molecule has 1 aliphatic rings. The molecule has 1 aliphatic heterocycles. The molecule has 2 aromatic heterocycles. The van der Waals surface area contributed by atoms with Gasteiger partial charge in [-0.05, 0) is 37.1 Å². The molecule has 0 N–H and O–H groups in total. The van der Waals surface area contributed by atoms with Gasteiger partial charge in [0.2, 0.25) is 15.8 Å². The maximum absolute atomic E-state index is 13.0. The van der Waals surface area contributed by atoms with Crippen molar-refractivity contribution >= 4 is 16.0 Å². The molecule has 0 bridgehead atoms. The van der Waals surface area contributed by atoms with Crippen LogP contribution in [0.5, 0.6) is 0 Å². The molecule has 29 heavy (non-hydrogen) atoms. The van der Waals surface area contributed by atoms with E-state index >= 15 is 0 Å². The summed E-state index contributed by atoms with van der Waals surface area (Å²) in [4.78, 5) is 12.6. The minimum absolute atomic E-state index is 0.00725. The molecular weight excluding hydrogens is 396 g/mol. The summed E-state index contributed by atoms with van der Waals surface area (Å²) in [6, 6.07) is 11.1. The van der Waals surface area contributed by atoms with Gasteiger partial charge in [-0.25, -0.2) is 13.2 Å². The van der Waals surface area contributed by atoms with Crippen molar-refractivity contribution in [2.24, 2.45) is 0 Å². The van der Waals surface area contributed by atoms with Crippen molar-refractivity contribution in [3.05, 3.63) is 60.0 Å². The van der Waals surface area contributed by atoms with Gasteiger partial charge in [-0.2, -0.15) is 4.31 Å². The largest absolute Gasteiger partial charge is 0.461 e. The predicted octanol–water partition coefficient (Wildman–Crippen LogP) is 3.47. The Labute approximate surface area is 168 Å². The van der Waals surface area contributed by atoms with Crippen molar-refractivity contribution in [2.45, 2.75) is 30.8 Å². The summed E-state index contributed by atoms with van der Waals surface area (Å²) in [5, 5.41) is 3.84. The number of hydrogen-bond donors (Lipinski definition) is 0. The zero-order valence-electron chi connectivity index (χ0n) is 15.6. The molecule has 0 atom stereocenters. The molecule has 3 heterocycles. The Bertz CT molecular complexity index is 1080. The number of aromatic nitrogens is 1. The van der Waals surface area contributed by atoms with E-state index in [1.807, 2.05) is 0 Å². The summed E-state index contributed by atoms with van der Waals surface area (Å²) in [5.41, 5.74) is 0.397. The Balaban J connectivity index is 1.49. The van der Waals surface area contributed by atoms with E-state index in [0.717, 1.165) is 19.3 Å². The van der Waals surface area contributed by atoms with Crippen molar-refractivity contribution in [1.29, 1.82) is 0 Å². The number of piperidine rings is 1. The lowest BCUT2D eigenvalue weighted by Crippen LogP contribution is -2.36. The Morgan fingerprint density at radius 1 is 1.07 bits per heavy atom. The number of carbonyl (C=O) groups excluding carboxylic acids is 1. The normalized spacial score (nSPS) is 15.3. The molecule has 9 heteroatoms. The highest BCUT2D eigenvalue weighted by Gasteiger charge is 2.30. The van der Waals surface area contributed by atoms with Crippen LogP contribution >= 0.6 is 0 Å². The number of esters is 1. The lowest BCUT2D eigenvalue weighted by atomic mass is 10.2. The van der Waals surface area contributed by atoms with Crippen molar-refractivity contribution in [2.75, 3.05) is 13.1 Å². The number of hydrogen-bond acceptors (Lipinski definition) is 7. The molecule has 1 saturated heterocycles. The Morgan fingerprint density at radius 2 is 1.86 bits per heavy atom. The molecule has 8 nitrogen and oxygen atoms in total. The first-order valence-corrected chi connectivity index (χ1v) is 10.8. The van der Waals surface area contributed by atoms with E-state index in [1.54, 1.807) is 30.3 Å². The molecule has 0 saturated carbocycles. The molecule has 1 fully saturated rings. The second kappa shape index (κ2) is 8.22. The van der Waals surface area contributed by atoms with Crippen LogP contribution in [0.15, 0.2) is 62.6 Å². The number of sulfonamides is 1. The molecule has 152 valence electrons. The number of rotatable bonds is 6. The summed E-state index contributed by atoms with van der Waals surface area (Å²) in [6.07, 6.45) is 4.15. The van der Waals surface area contributed by atoms with Crippen LogP contribution in [0.3, 0.4) is 0 Å². The topological polar surface area (TPSA) is 103 Å². The lowest BCUT2D eigenvalue weighted by molar-refractivity contribution is 0.0459. The average molecular weight is 416 g/mol. The van der Waals surface area contributed by atoms with Crippen LogP contribution in [0.1, 0.15) is 35.3 Å². The van der Waals surface area contributed by atoms with E-state index in [1.165, 1.54) is 22.7 Å². The van der Waals surface area contributed by atoms with Crippen LogP contribution in [-0.4, -0.2) is 36.9 Å². The third-order valence-electron chi connectivity index (χ3n) is 4.71. The van der Waals surface area contributed by atoms with Gasteiger partial charge in [-0.3, -0.25) is 0 Å². The van der Waals surface area contributed by atoms with Gasteiger partial charge in [0.05, 0.1) is 16.7 Å². The molecule has 0 radical (unpaired) electrons. The maximum atomic E-state index is 13.0. The summed E-state index contributed by atoms with van der Waals surface area (Å²) >= 11 is 0. The van der Waals surface area contributed by atoms with Crippen LogP contribution in [0.2, 0.25) is 0 Å². The van der Waals surface area contributed by atoms with Gasteiger partial charge in [0.1, 0.15) is 12.3 Å². The third kappa shape index (κ3) is 4.10. The van der Waals surface area contributed by atoms with Crippen LogP contribution in [-0.2, 0) is 21.4 Å². The standard InChI is InChI=1S/C20H20N2O6S/c23-20(27-14-15-13-18(28-21-15)17-8-6-12-26-17)16-7-2-3-9-19(16)29(24,25)22-10-4-1-5-11-22/h2-3,6-9,12-13H,1,4-5,10-11,14H2. The zero-order valence-corrected chi connectivity index (χ0v) is 16.4. The van der Waals surface area contributed by atoms with Gasteiger partial charge < -0.3 is 13.7 Å². The summed E-state index contributed by atoms with van der Waals surface area (Å²) in [5.74, 6) is 0.186. The average Bonchev–Trinajstić information content (AvgIpc) is 3.44. The molecule has 0 aliphatic carbocycles. The number of furan rings is 1. The van der Waals surface area contributed by atoms with Crippen LogP contribution < -0.4 is 0 Å². The van der Waals surface area contributed by atoms with Gasteiger partial charge >= 0.3 is 5.97 Å². The highest BCUT2D eigenvalue weighted by molar-refractivity contribution is 7.89. The van der Waals surface area contributed by atoms with Crippen LogP contribution in [0.25, 0.3) is 11.5 Å². The fourth-order valence-electron chi connectivity index (χ4n) is 3.24. The highest BCUT2D eigenvalue weighted by Crippen LogP contribution is 2.25. The van der Waals surface area contributed by atoms with E-state index in [0.29, 0.717) is 30.3 Å². The first-order chi connectivity index (χ1) is 14.1. The van der Waals surface area contributed by atoms with Gasteiger partial charge in [0, 0.05) is 19.2 Å². The predicted molar refractivity (Wildman–Crippen MR) is 102 cm³/mol. The van der Waals surface area contributed by atoms with Gasteiger partial charge in [0.25, 0.3) is 0 Å². The molecule has 0 amide bonds. The van der Waals surface area contributed by atoms with Gasteiger partial charge in [-0.1, -0.05) is 23.7 Å². The second-order valence-corrected chi connectivity index (χ2v) is 8.60. The van der Waals surface area contributed by atoms with E-state index in [2.05, 4.69) is 5.16 Å². The van der Waals surface area contributed by atoms with Crippen molar-refractivity contribution < 1.29 is 26.9 Å². The molecule has 4 rings (SSSR count). The molecule has 1 aromatic carbocycles. The van der Waals surface area contributed by atoms with Crippen molar-refractivity contribution in [1.82, 2.24) is 9.46 Å². The van der Waals surface area contributed by atoms with Gasteiger partial charge in [-0.15, -0.1) is 0 Å². The fourth-order valence-corrected chi connectivity index (χ4v) is 4.93. The maximum Gasteiger partial charge on any atom is 0.339 e. The van der Waals surface area contributed by atoms with Gasteiger partial charge in [0.15, 0.2) is 5.76 Å². The zero-order chi connectivity index (χ0) is 20.3. The smallest absolute Gasteiger partial charge is 0.339 e. The molecule has 0 unspecified atom stereocenters. The van der Waals surface area contributed by atoms with Crippen molar-refractivity contribution in [3.63, 3.8) is 0 Å². The number of ether oxygens (including phenoxy) is 1. The molecule has 3 aromatic rings. The van der Waals surface area contributed by atoms with Crippen LogP contribution in [0, 0.1) is 0 Å². The number of nitrogens with zero attached hydrogens (tertiary/aromatic N) is 2. The van der Waals surface area contributed by atoms with E-state index < -0.39 is 16.0 Å². The SMILES string of the molecule is O=C(OCc1cc(-c2ccco2)on1)c1ccccc1S(=O)(=O)N1CCCCC1. The quantitative estimate of drug-likeness (QED) is 0.567. The Kier molecular flexibility index (Phi) is 5.50. The van der Waals surface area contributed by atoms with E-state index in [4.69, 9.17) is 13.7 Å².